The Bertz CT molecular complexity index is 1290. The van der Waals surface area contributed by atoms with Crippen molar-refractivity contribution in [3.63, 3.8) is 0 Å². The summed E-state index contributed by atoms with van der Waals surface area (Å²) in [7, 11) is 0. The third kappa shape index (κ3) is 4.06. The SMILES string of the molecule is CC(=O)N1CCc2c(sc(NC(=O)Cc3ccc(C)cc3)c2-c2nc3ccccc3s2)C1. The molecule has 0 saturated heterocycles. The molecule has 0 radical (unpaired) electrons. The lowest BCUT2D eigenvalue weighted by Crippen LogP contribution is -2.33. The van der Waals surface area contributed by atoms with Gasteiger partial charge < -0.3 is 10.2 Å². The fourth-order valence-corrected chi connectivity index (χ4v) is 6.42. The van der Waals surface area contributed by atoms with Crippen molar-refractivity contribution in [3.05, 3.63) is 70.1 Å². The largest absolute Gasteiger partial charge is 0.337 e. The van der Waals surface area contributed by atoms with Crippen molar-refractivity contribution in [2.75, 3.05) is 11.9 Å². The van der Waals surface area contributed by atoms with Gasteiger partial charge in [0.2, 0.25) is 11.8 Å². The number of nitrogens with one attached hydrogen (secondary N) is 1. The number of carbonyl (C=O) groups excluding carboxylic acids is 2. The predicted octanol–water partition coefficient (Wildman–Crippen LogP) is 5.42. The van der Waals surface area contributed by atoms with Crippen molar-refractivity contribution in [3.8, 4) is 10.6 Å². The quantitative estimate of drug-likeness (QED) is 0.441. The molecule has 7 heteroatoms. The molecule has 162 valence electrons. The summed E-state index contributed by atoms with van der Waals surface area (Å²) in [6.45, 7) is 4.92. The maximum absolute atomic E-state index is 12.9. The zero-order valence-electron chi connectivity index (χ0n) is 18.0. The molecule has 2 aromatic heterocycles. The Morgan fingerprint density at radius 1 is 1.09 bits per heavy atom. The van der Waals surface area contributed by atoms with Gasteiger partial charge in [-0.25, -0.2) is 4.98 Å². The summed E-state index contributed by atoms with van der Waals surface area (Å²) in [6, 6.07) is 16.1. The van der Waals surface area contributed by atoms with Gasteiger partial charge in [-0.05, 0) is 36.6 Å². The molecule has 0 aliphatic carbocycles. The van der Waals surface area contributed by atoms with Gasteiger partial charge in [-0.3, -0.25) is 9.59 Å². The minimum Gasteiger partial charge on any atom is -0.337 e. The number of anilines is 1. The Balaban J connectivity index is 1.51. The summed E-state index contributed by atoms with van der Waals surface area (Å²) in [5.74, 6) is 0.0359. The molecule has 0 unspecified atom stereocenters. The van der Waals surface area contributed by atoms with Crippen molar-refractivity contribution >= 4 is 49.7 Å². The van der Waals surface area contributed by atoms with Gasteiger partial charge in [0.05, 0.1) is 23.2 Å². The highest BCUT2D eigenvalue weighted by atomic mass is 32.1. The highest BCUT2D eigenvalue weighted by Gasteiger charge is 2.28. The van der Waals surface area contributed by atoms with E-state index in [0.29, 0.717) is 19.5 Å². The number of rotatable bonds is 4. The van der Waals surface area contributed by atoms with Gasteiger partial charge in [-0.2, -0.15) is 0 Å². The number of benzene rings is 2. The number of amides is 2. The normalized spacial score (nSPS) is 13.2. The molecular weight excluding hydrogens is 438 g/mol. The topological polar surface area (TPSA) is 62.3 Å². The lowest BCUT2D eigenvalue weighted by Gasteiger charge is -2.26. The first-order valence-corrected chi connectivity index (χ1v) is 12.2. The molecule has 3 heterocycles. The van der Waals surface area contributed by atoms with Gasteiger partial charge in [0.25, 0.3) is 0 Å². The summed E-state index contributed by atoms with van der Waals surface area (Å²) in [5.41, 5.74) is 5.35. The van der Waals surface area contributed by atoms with Crippen LogP contribution in [0, 0.1) is 6.92 Å². The monoisotopic (exact) mass is 461 g/mol. The highest BCUT2D eigenvalue weighted by Crippen LogP contribution is 2.45. The molecule has 0 bridgehead atoms. The molecule has 32 heavy (non-hydrogen) atoms. The van der Waals surface area contributed by atoms with Crippen molar-refractivity contribution in [1.82, 2.24) is 9.88 Å². The van der Waals surface area contributed by atoms with E-state index in [-0.39, 0.29) is 11.8 Å². The highest BCUT2D eigenvalue weighted by molar-refractivity contribution is 7.22. The second-order valence-corrected chi connectivity index (χ2v) is 10.2. The minimum atomic E-state index is -0.0433. The Hall–Kier alpha value is -3.03. The van der Waals surface area contributed by atoms with Crippen LogP contribution in [0.3, 0.4) is 0 Å². The van der Waals surface area contributed by atoms with Crippen molar-refractivity contribution in [1.29, 1.82) is 0 Å². The van der Waals surface area contributed by atoms with Crippen LogP contribution in [-0.4, -0.2) is 28.2 Å². The summed E-state index contributed by atoms with van der Waals surface area (Å²) in [4.78, 5) is 32.7. The molecule has 0 fully saturated rings. The number of nitrogens with zero attached hydrogens (tertiary/aromatic N) is 2. The van der Waals surface area contributed by atoms with Gasteiger partial charge in [0.15, 0.2) is 0 Å². The smallest absolute Gasteiger partial charge is 0.229 e. The van der Waals surface area contributed by atoms with E-state index in [1.165, 1.54) is 11.1 Å². The van der Waals surface area contributed by atoms with Gasteiger partial charge >= 0.3 is 0 Å². The van der Waals surface area contributed by atoms with Crippen LogP contribution in [0.15, 0.2) is 48.5 Å². The minimum absolute atomic E-state index is 0.0433. The lowest BCUT2D eigenvalue weighted by atomic mass is 10.0. The fourth-order valence-electron chi connectivity index (χ4n) is 4.03. The number of para-hydroxylation sites is 1. The van der Waals surface area contributed by atoms with E-state index >= 15 is 0 Å². The molecule has 5 rings (SSSR count). The molecule has 2 amide bonds. The molecule has 1 aliphatic rings. The lowest BCUT2D eigenvalue weighted by molar-refractivity contribution is -0.129. The standard InChI is InChI=1S/C25H23N3O2S2/c1-15-7-9-17(10-8-15)13-22(30)27-25-23(24-26-19-5-3-4-6-20(19)31-24)18-11-12-28(16(2)29)14-21(18)32-25/h3-10H,11-14H2,1-2H3,(H,27,30). The molecule has 5 nitrogen and oxygen atoms in total. The number of aromatic nitrogens is 1. The summed E-state index contributed by atoms with van der Waals surface area (Å²) in [5, 5.41) is 4.91. The van der Waals surface area contributed by atoms with Crippen LogP contribution < -0.4 is 5.32 Å². The van der Waals surface area contributed by atoms with E-state index in [1.807, 2.05) is 54.3 Å². The van der Waals surface area contributed by atoms with Crippen LogP contribution in [0.5, 0.6) is 0 Å². The number of carbonyl (C=O) groups is 2. The summed E-state index contributed by atoms with van der Waals surface area (Å²) >= 11 is 3.22. The number of fused-ring (bicyclic) bond motifs is 2. The average Bonchev–Trinajstić information content (AvgIpc) is 3.35. The molecular formula is C25H23N3O2S2. The van der Waals surface area contributed by atoms with E-state index in [9.17, 15) is 9.59 Å². The molecule has 0 atom stereocenters. The van der Waals surface area contributed by atoms with Crippen LogP contribution in [0.1, 0.15) is 28.5 Å². The van der Waals surface area contributed by atoms with Crippen molar-refractivity contribution in [2.45, 2.75) is 33.2 Å². The first-order chi connectivity index (χ1) is 15.5. The maximum atomic E-state index is 12.9. The molecule has 4 aromatic rings. The first-order valence-electron chi connectivity index (χ1n) is 10.6. The second kappa shape index (κ2) is 8.48. The third-order valence-corrected chi connectivity index (χ3v) is 7.93. The molecule has 1 N–H and O–H groups in total. The third-order valence-electron chi connectivity index (χ3n) is 5.75. The van der Waals surface area contributed by atoms with Gasteiger partial charge in [0, 0.05) is 23.9 Å². The number of thiazole rings is 1. The molecule has 1 aliphatic heterocycles. The Morgan fingerprint density at radius 2 is 1.88 bits per heavy atom. The van der Waals surface area contributed by atoms with E-state index in [0.717, 1.165) is 42.7 Å². The van der Waals surface area contributed by atoms with Gasteiger partial charge in [-0.1, -0.05) is 42.0 Å². The van der Waals surface area contributed by atoms with E-state index < -0.39 is 0 Å². The number of aryl methyl sites for hydroxylation is 1. The molecule has 0 spiro atoms. The Morgan fingerprint density at radius 3 is 2.62 bits per heavy atom. The van der Waals surface area contributed by atoms with Crippen LogP contribution in [-0.2, 0) is 29.0 Å². The average molecular weight is 462 g/mol. The first kappa shape index (κ1) is 20.8. The van der Waals surface area contributed by atoms with E-state index in [2.05, 4.69) is 11.4 Å². The number of thiophene rings is 1. The fraction of sp³-hybridized carbons (Fsp3) is 0.240. The van der Waals surface area contributed by atoms with E-state index in [4.69, 9.17) is 4.98 Å². The Labute approximate surface area is 194 Å². The zero-order valence-corrected chi connectivity index (χ0v) is 19.6. The maximum Gasteiger partial charge on any atom is 0.229 e. The Kier molecular flexibility index (Phi) is 5.53. The number of hydrogen-bond acceptors (Lipinski definition) is 5. The summed E-state index contributed by atoms with van der Waals surface area (Å²) < 4.78 is 1.13. The zero-order chi connectivity index (χ0) is 22.2. The summed E-state index contributed by atoms with van der Waals surface area (Å²) in [6.07, 6.45) is 1.09. The van der Waals surface area contributed by atoms with E-state index in [1.54, 1.807) is 29.6 Å². The molecule has 2 aromatic carbocycles. The van der Waals surface area contributed by atoms with Crippen molar-refractivity contribution in [2.24, 2.45) is 0 Å². The second-order valence-electron chi connectivity index (χ2n) is 8.10. The van der Waals surface area contributed by atoms with Gasteiger partial charge in [-0.15, -0.1) is 22.7 Å². The van der Waals surface area contributed by atoms with Crippen molar-refractivity contribution < 1.29 is 9.59 Å². The van der Waals surface area contributed by atoms with Gasteiger partial charge in [0.1, 0.15) is 10.0 Å². The van der Waals surface area contributed by atoms with Crippen LogP contribution in [0.2, 0.25) is 0 Å². The van der Waals surface area contributed by atoms with Crippen LogP contribution in [0.4, 0.5) is 5.00 Å². The molecule has 0 saturated carbocycles. The predicted molar refractivity (Wildman–Crippen MR) is 131 cm³/mol. The number of hydrogen-bond donors (Lipinski definition) is 1. The van der Waals surface area contributed by atoms with Crippen LogP contribution >= 0.6 is 22.7 Å². The van der Waals surface area contributed by atoms with Crippen LogP contribution in [0.25, 0.3) is 20.8 Å².